The van der Waals surface area contributed by atoms with Crippen LogP contribution in [0.3, 0.4) is 0 Å². The first-order chi connectivity index (χ1) is 13.6. The Kier molecular flexibility index (Phi) is 4.30. The van der Waals surface area contributed by atoms with Crippen molar-refractivity contribution in [3.8, 4) is 0 Å². The van der Waals surface area contributed by atoms with E-state index in [-0.39, 0.29) is 19.4 Å². The van der Waals surface area contributed by atoms with Crippen molar-refractivity contribution in [3.05, 3.63) is 46.7 Å². The molecular formula is C21H14O4S3. The number of aliphatic carboxylic acids is 1. The fourth-order valence-electron chi connectivity index (χ4n) is 3.48. The lowest BCUT2D eigenvalue weighted by Crippen LogP contribution is -2.06. The second-order valence-electron chi connectivity index (χ2n) is 6.49. The summed E-state index contributed by atoms with van der Waals surface area (Å²) in [5, 5.41) is 15.8. The number of thiophene rings is 3. The lowest BCUT2D eigenvalue weighted by atomic mass is 10.1. The third kappa shape index (κ3) is 2.96. The summed E-state index contributed by atoms with van der Waals surface area (Å²) in [4.78, 5) is 23.3. The molecule has 140 valence electrons. The zero-order valence-electron chi connectivity index (χ0n) is 14.6. The molecule has 4 nitrogen and oxygen atoms in total. The second-order valence-corrected chi connectivity index (χ2v) is 9.69. The molecule has 0 atom stereocenters. The van der Waals surface area contributed by atoms with Gasteiger partial charge in [-0.05, 0) is 41.8 Å². The van der Waals surface area contributed by atoms with E-state index in [1.807, 2.05) is 0 Å². The van der Waals surface area contributed by atoms with Gasteiger partial charge in [-0.3, -0.25) is 9.59 Å². The van der Waals surface area contributed by atoms with Gasteiger partial charge in [0.05, 0.1) is 12.8 Å². The van der Waals surface area contributed by atoms with Gasteiger partial charge in [-0.15, -0.1) is 34.0 Å². The van der Waals surface area contributed by atoms with E-state index in [0.29, 0.717) is 0 Å². The summed E-state index contributed by atoms with van der Waals surface area (Å²) >= 11 is 5.16. The second kappa shape index (κ2) is 6.84. The minimum absolute atomic E-state index is 0.101. The van der Waals surface area contributed by atoms with E-state index >= 15 is 0 Å². The standard InChI is InChI=1S/C21H14O4S3/c22-18(23)5-6-19(24)25-10-11-9-13-15(27-11)2-4-17-21(13)20-12-7-8-26-14(12)1-3-16(20)28-17/h1-4,7-9H,5-6,10H2,(H,22,23). The van der Waals surface area contributed by atoms with Crippen molar-refractivity contribution in [2.24, 2.45) is 0 Å². The Bertz CT molecular complexity index is 1370. The Morgan fingerprint density at radius 3 is 2.36 bits per heavy atom. The van der Waals surface area contributed by atoms with Crippen molar-refractivity contribution < 1.29 is 19.4 Å². The Labute approximate surface area is 171 Å². The summed E-state index contributed by atoms with van der Waals surface area (Å²) in [5.41, 5.74) is 0. The van der Waals surface area contributed by atoms with Crippen molar-refractivity contribution in [2.45, 2.75) is 19.4 Å². The lowest BCUT2D eigenvalue weighted by molar-refractivity contribution is -0.148. The molecule has 0 saturated carbocycles. The third-order valence-corrected chi connectivity index (χ3v) is 7.78. The summed E-state index contributed by atoms with van der Waals surface area (Å²) < 4.78 is 10.2. The number of fused-ring (bicyclic) bond motifs is 7. The van der Waals surface area contributed by atoms with Crippen LogP contribution in [0.25, 0.3) is 40.3 Å². The molecule has 0 amide bonds. The van der Waals surface area contributed by atoms with Crippen LogP contribution in [0.4, 0.5) is 0 Å². The van der Waals surface area contributed by atoms with Gasteiger partial charge in [-0.2, -0.15) is 0 Å². The minimum Gasteiger partial charge on any atom is -0.481 e. The molecular weight excluding hydrogens is 412 g/mol. The first kappa shape index (κ1) is 17.6. The minimum atomic E-state index is -0.995. The van der Waals surface area contributed by atoms with Gasteiger partial charge in [0.1, 0.15) is 6.61 Å². The van der Waals surface area contributed by atoms with E-state index in [9.17, 15) is 9.59 Å². The molecule has 2 aromatic carbocycles. The number of carbonyl (C=O) groups is 2. The molecule has 0 spiro atoms. The van der Waals surface area contributed by atoms with Gasteiger partial charge in [-0.1, -0.05) is 0 Å². The van der Waals surface area contributed by atoms with E-state index in [0.717, 1.165) is 9.58 Å². The van der Waals surface area contributed by atoms with Crippen LogP contribution in [-0.2, 0) is 20.9 Å². The number of carboxylic acid groups (broad SMARTS) is 1. The average molecular weight is 427 g/mol. The van der Waals surface area contributed by atoms with Crippen LogP contribution in [0.1, 0.15) is 17.7 Å². The fourth-order valence-corrected chi connectivity index (χ4v) is 6.39. The predicted molar refractivity (Wildman–Crippen MR) is 117 cm³/mol. The summed E-state index contributed by atoms with van der Waals surface area (Å²) in [5.74, 6) is -1.48. The molecule has 0 radical (unpaired) electrons. The van der Waals surface area contributed by atoms with E-state index in [1.165, 1.54) is 35.6 Å². The molecule has 0 fully saturated rings. The predicted octanol–water partition coefficient (Wildman–Crippen LogP) is 6.39. The van der Waals surface area contributed by atoms with E-state index < -0.39 is 11.9 Å². The van der Waals surface area contributed by atoms with E-state index in [2.05, 4.69) is 41.8 Å². The Hall–Kier alpha value is -2.48. The van der Waals surface area contributed by atoms with Gasteiger partial charge in [0.25, 0.3) is 0 Å². The Balaban J connectivity index is 1.56. The normalized spacial score (nSPS) is 11.7. The van der Waals surface area contributed by atoms with Gasteiger partial charge in [0, 0.05) is 45.2 Å². The Morgan fingerprint density at radius 1 is 0.857 bits per heavy atom. The summed E-state index contributed by atoms with van der Waals surface area (Å²) in [7, 11) is 0. The highest BCUT2D eigenvalue weighted by Crippen LogP contribution is 2.44. The number of carboxylic acids is 1. The molecule has 0 aliphatic heterocycles. The maximum Gasteiger partial charge on any atom is 0.306 e. The SMILES string of the molecule is O=C(O)CCC(=O)OCc1cc2c(ccc3sc4ccc5sccc5c4c32)s1. The fraction of sp³-hybridized carbons (Fsp3) is 0.143. The molecule has 3 aromatic heterocycles. The zero-order chi connectivity index (χ0) is 19.3. The third-order valence-electron chi connectivity index (χ3n) is 4.70. The maximum absolute atomic E-state index is 11.7. The first-order valence-corrected chi connectivity index (χ1v) is 11.2. The van der Waals surface area contributed by atoms with Gasteiger partial charge in [0.15, 0.2) is 0 Å². The van der Waals surface area contributed by atoms with Crippen molar-refractivity contribution in [3.63, 3.8) is 0 Å². The molecule has 3 heterocycles. The van der Waals surface area contributed by atoms with Gasteiger partial charge in [-0.25, -0.2) is 0 Å². The van der Waals surface area contributed by atoms with Crippen LogP contribution < -0.4 is 0 Å². The van der Waals surface area contributed by atoms with Crippen molar-refractivity contribution in [1.29, 1.82) is 0 Å². The monoisotopic (exact) mass is 426 g/mol. The lowest BCUT2D eigenvalue weighted by Gasteiger charge is -2.01. The van der Waals surface area contributed by atoms with Crippen LogP contribution in [0, 0.1) is 0 Å². The van der Waals surface area contributed by atoms with Crippen molar-refractivity contribution in [2.75, 3.05) is 0 Å². The van der Waals surface area contributed by atoms with Crippen LogP contribution in [0.5, 0.6) is 0 Å². The largest absolute Gasteiger partial charge is 0.481 e. The molecule has 0 saturated heterocycles. The van der Waals surface area contributed by atoms with Crippen molar-refractivity contribution in [1.82, 2.24) is 0 Å². The number of carbonyl (C=O) groups excluding carboxylic acids is 1. The summed E-state index contributed by atoms with van der Waals surface area (Å²) in [6, 6.07) is 13.0. The molecule has 0 aliphatic rings. The molecule has 28 heavy (non-hydrogen) atoms. The summed E-state index contributed by atoms with van der Waals surface area (Å²) in [6.07, 6.45) is -0.306. The molecule has 7 heteroatoms. The highest BCUT2D eigenvalue weighted by Gasteiger charge is 2.15. The van der Waals surface area contributed by atoms with Crippen LogP contribution in [0.15, 0.2) is 41.8 Å². The van der Waals surface area contributed by atoms with Crippen LogP contribution in [0.2, 0.25) is 0 Å². The van der Waals surface area contributed by atoms with Crippen LogP contribution >= 0.6 is 34.0 Å². The number of esters is 1. The van der Waals surface area contributed by atoms with Crippen molar-refractivity contribution >= 4 is 86.3 Å². The molecule has 0 bridgehead atoms. The summed E-state index contributed by atoms with van der Waals surface area (Å²) in [6.45, 7) is 0.176. The number of ether oxygens (including phenoxy) is 1. The van der Waals surface area contributed by atoms with Gasteiger partial charge in [0.2, 0.25) is 0 Å². The average Bonchev–Trinajstić information content (AvgIpc) is 3.38. The zero-order valence-corrected chi connectivity index (χ0v) is 17.0. The highest BCUT2D eigenvalue weighted by atomic mass is 32.1. The highest BCUT2D eigenvalue weighted by molar-refractivity contribution is 7.27. The topological polar surface area (TPSA) is 63.6 Å². The molecule has 5 rings (SSSR count). The molecule has 5 aromatic rings. The quantitative estimate of drug-likeness (QED) is 0.331. The molecule has 1 N–H and O–H groups in total. The maximum atomic E-state index is 11.7. The smallest absolute Gasteiger partial charge is 0.306 e. The Morgan fingerprint density at radius 2 is 1.57 bits per heavy atom. The van der Waals surface area contributed by atoms with E-state index in [4.69, 9.17) is 9.84 Å². The number of hydrogen-bond donors (Lipinski definition) is 1. The number of hydrogen-bond acceptors (Lipinski definition) is 6. The van der Waals surface area contributed by atoms with E-state index in [1.54, 1.807) is 34.0 Å². The number of rotatable bonds is 5. The van der Waals surface area contributed by atoms with Gasteiger partial charge >= 0.3 is 11.9 Å². The first-order valence-electron chi connectivity index (χ1n) is 8.71. The van der Waals surface area contributed by atoms with Gasteiger partial charge < -0.3 is 9.84 Å². The molecule has 0 aliphatic carbocycles. The molecule has 0 unspecified atom stereocenters. The van der Waals surface area contributed by atoms with Crippen LogP contribution in [-0.4, -0.2) is 17.0 Å². The number of benzene rings is 2.